The number of hydrogen-bond acceptors (Lipinski definition) is 9. The van der Waals surface area contributed by atoms with E-state index in [4.69, 9.17) is 4.74 Å². The summed E-state index contributed by atoms with van der Waals surface area (Å²) in [6, 6.07) is 8.69. The van der Waals surface area contributed by atoms with Crippen molar-refractivity contribution < 1.29 is 13.9 Å². The average Bonchev–Trinajstić information content (AvgIpc) is 3.51. The molecule has 1 saturated heterocycles. The lowest BCUT2D eigenvalue weighted by molar-refractivity contribution is -0.0955. The molecule has 0 unspecified atom stereocenters. The maximum atomic E-state index is 15.2. The number of halogens is 1. The highest BCUT2D eigenvalue weighted by molar-refractivity contribution is 6.03. The Bertz CT molecular complexity index is 1900. The molecule has 2 bridgehead atoms. The number of benzene rings is 1. The molecule has 1 aromatic carbocycles. The highest BCUT2D eigenvalue weighted by Gasteiger charge is 2.59. The van der Waals surface area contributed by atoms with Gasteiger partial charge in [-0.3, -0.25) is 18.7 Å². The lowest BCUT2D eigenvalue weighted by atomic mass is 9.49. The molecule has 4 aromatic rings. The van der Waals surface area contributed by atoms with Crippen LogP contribution < -0.4 is 31.5 Å². The van der Waals surface area contributed by atoms with Gasteiger partial charge in [-0.1, -0.05) is 0 Å². The lowest BCUT2D eigenvalue weighted by Gasteiger charge is -2.61. The number of carbonyl (C=O) groups excluding carboxylic acids is 1. The van der Waals surface area contributed by atoms with E-state index in [2.05, 4.69) is 30.5 Å². The summed E-state index contributed by atoms with van der Waals surface area (Å²) < 4.78 is 23.6. The second-order valence-corrected chi connectivity index (χ2v) is 12.3. The first-order chi connectivity index (χ1) is 21.7. The zero-order chi connectivity index (χ0) is 31.3. The van der Waals surface area contributed by atoms with Crippen molar-refractivity contribution in [2.45, 2.75) is 57.5 Å². The van der Waals surface area contributed by atoms with Crippen molar-refractivity contribution in [3.05, 3.63) is 87.2 Å². The van der Waals surface area contributed by atoms with Crippen LogP contribution >= 0.6 is 0 Å². The van der Waals surface area contributed by atoms with Crippen LogP contribution in [0.2, 0.25) is 0 Å². The lowest BCUT2D eigenvalue weighted by Crippen LogP contribution is -2.66. The normalized spacial score (nSPS) is 20.0. The van der Waals surface area contributed by atoms with E-state index < -0.39 is 28.5 Å². The minimum atomic E-state index is -0.719. The summed E-state index contributed by atoms with van der Waals surface area (Å²) in [5.41, 5.74) is -1.55. The van der Waals surface area contributed by atoms with Crippen molar-refractivity contribution in [3.8, 4) is 11.5 Å². The van der Waals surface area contributed by atoms with Gasteiger partial charge in [-0.15, -0.1) is 0 Å². The first-order valence-corrected chi connectivity index (χ1v) is 15.2. The van der Waals surface area contributed by atoms with E-state index in [1.54, 1.807) is 24.4 Å². The van der Waals surface area contributed by atoms with Crippen LogP contribution in [-0.2, 0) is 5.54 Å². The fraction of sp³-hybridized carbons (Fsp3) is 0.375. The average molecular weight is 613 g/mol. The van der Waals surface area contributed by atoms with E-state index in [1.807, 2.05) is 13.8 Å². The van der Waals surface area contributed by atoms with Gasteiger partial charge in [-0.05, 0) is 76.1 Å². The standard InChI is InChI=1S/C32H33FN8O4/c1-19(2)40-18-23(29(43)41(31(40)44)32-15-20(16-32)17-32)28(42)36-21-5-6-25(24(33)13-21)45-22-7-9-34-27(14-22)37-26-8-10-35-30(38-26)39-11-3-4-12-39/h5-10,13-14,18-20H,3-4,11-12,15-17H2,1-2H3,(H,36,42)(H,34,35,37,38). The Kier molecular flexibility index (Phi) is 7.10. The molecule has 8 rings (SSSR count). The van der Waals surface area contributed by atoms with Crippen molar-refractivity contribution in [1.29, 1.82) is 0 Å². The number of rotatable bonds is 9. The van der Waals surface area contributed by atoms with Gasteiger partial charge >= 0.3 is 5.69 Å². The van der Waals surface area contributed by atoms with E-state index >= 15 is 4.39 Å². The van der Waals surface area contributed by atoms with Gasteiger partial charge in [0.05, 0.1) is 5.54 Å². The van der Waals surface area contributed by atoms with E-state index in [0.29, 0.717) is 29.3 Å². The number of pyridine rings is 1. The molecule has 13 heteroatoms. The predicted molar refractivity (Wildman–Crippen MR) is 166 cm³/mol. The molecule has 1 amide bonds. The monoisotopic (exact) mass is 612 g/mol. The Balaban J connectivity index is 1.06. The third kappa shape index (κ3) is 5.32. The van der Waals surface area contributed by atoms with Crippen LogP contribution in [0.5, 0.6) is 11.5 Å². The van der Waals surface area contributed by atoms with E-state index in [9.17, 15) is 14.4 Å². The fourth-order valence-corrected chi connectivity index (χ4v) is 6.37. The smallest absolute Gasteiger partial charge is 0.331 e. The molecular formula is C32H33FN8O4. The van der Waals surface area contributed by atoms with Crippen molar-refractivity contribution in [1.82, 2.24) is 24.1 Å². The molecule has 3 aromatic heterocycles. The SMILES string of the molecule is CC(C)n1cc(C(=O)Nc2ccc(Oc3ccnc(Nc4ccnc(N5CCCC5)n4)c3)c(F)c2)c(=O)n(C23CC(C2)C3)c1=O. The van der Waals surface area contributed by atoms with Gasteiger partial charge < -0.3 is 20.3 Å². The number of amides is 1. The van der Waals surface area contributed by atoms with Crippen LogP contribution in [0.3, 0.4) is 0 Å². The highest BCUT2D eigenvalue weighted by Crippen LogP contribution is 2.61. The minimum absolute atomic E-state index is 0.0668. The second kappa shape index (κ2) is 11.1. The summed E-state index contributed by atoms with van der Waals surface area (Å²) in [4.78, 5) is 55.2. The maximum absolute atomic E-state index is 15.2. The second-order valence-electron chi connectivity index (χ2n) is 12.3. The van der Waals surface area contributed by atoms with Crippen molar-refractivity contribution >= 4 is 29.2 Å². The summed E-state index contributed by atoms with van der Waals surface area (Å²) >= 11 is 0. The van der Waals surface area contributed by atoms with E-state index in [0.717, 1.165) is 51.3 Å². The van der Waals surface area contributed by atoms with Crippen LogP contribution in [0.4, 0.5) is 27.7 Å². The Labute approximate surface area is 257 Å². The summed E-state index contributed by atoms with van der Waals surface area (Å²) in [6.07, 6.45) is 9.05. The van der Waals surface area contributed by atoms with Gasteiger partial charge in [0, 0.05) is 55.5 Å². The molecule has 232 valence electrons. The van der Waals surface area contributed by atoms with Gasteiger partial charge in [0.2, 0.25) is 5.95 Å². The summed E-state index contributed by atoms with van der Waals surface area (Å²) in [5, 5.41) is 5.74. The number of hydrogen-bond donors (Lipinski definition) is 2. The Morgan fingerprint density at radius 3 is 2.47 bits per heavy atom. The molecule has 4 fully saturated rings. The maximum Gasteiger partial charge on any atom is 0.331 e. The van der Waals surface area contributed by atoms with E-state index in [1.165, 1.54) is 33.7 Å². The van der Waals surface area contributed by atoms with E-state index in [-0.39, 0.29) is 23.0 Å². The van der Waals surface area contributed by atoms with Crippen molar-refractivity contribution in [2.75, 3.05) is 28.6 Å². The van der Waals surface area contributed by atoms with Gasteiger partial charge in [-0.25, -0.2) is 19.2 Å². The summed E-state index contributed by atoms with van der Waals surface area (Å²) in [6.45, 7) is 5.48. The quantitative estimate of drug-likeness (QED) is 0.273. The molecule has 4 aliphatic rings. The zero-order valence-corrected chi connectivity index (χ0v) is 25.0. The van der Waals surface area contributed by atoms with Gasteiger partial charge in [0.1, 0.15) is 22.9 Å². The molecule has 12 nitrogen and oxygen atoms in total. The first kappa shape index (κ1) is 28.7. The van der Waals surface area contributed by atoms with Crippen LogP contribution in [-0.4, -0.2) is 43.1 Å². The number of nitrogens with zero attached hydrogens (tertiary/aromatic N) is 6. The zero-order valence-electron chi connectivity index (χ0n) is 25.0. The fourth-order valence-electron chi connectivity index (χ4n) is 6.37. The molecular weight excluding hydrogens is 579 g/mol. The molecule has 2 N–H and O–H groups in total. The van der Waals surface area contributed by atoms with Crippen LogP contribution in [0.25, 0.3) is 0 Å². The summed E-state index contributed by atoms with van der Waals surface area (Å²) in [5.74, 6) is 1.05. The molecule has 4 heterocycles. The van der Waals surface area contributed by atoms with Crippen LogP contribution in [0, 0.1) is 11.7 Å². The third-order valence-electron chi connectivity index (χ3n) is 8.83. The number of nitrogens with one attached hydrogen (secondary N) is 2. The Hall–Kier alpha value is -5.07. The number of carbonyl (C=O) groups is 1. The molecule has 45 heavy (non-hydrogen) atoms. The van der Waals surface area contributed by atoms with Gasteiger partial charge in [-0.2, -0.15) is 4.98 Å². The Morgan fingerprint density at radius 1 is 1.02 bits per heavy atom. The van der Waals surface area contributed by atoms with Crippen molar-refractivity contribution in [3.63, 3.8) is 0 Å². The molecule has 0 spiro atoms. The molecule has 1 aliphatic heterocycles. The minimum Gasteiger partial charge on any atom is -0.454 e. The third-order valence-corrected chi connectivity index (χ3v) is 8.83. The molecule has 0 radical (unpaired) electrons. The molecule has 3 aliphatic carbocycles. The first-order valence-electron chi connectivity index (χ1n) is 15.2. The largest absolute Gasteiger partial charge is 0.454 e. The number of ether oxygens (including phenoxy) is 1. The van der Waals surface area contributed by atoms with Gasteiger partial charge in [0.25, 0.3) is 11.5 Å². The van der Waals surface area contributed by atoms with Crippen LogP contribution in [0.15, 0.2) is 64.6 Å². The number of anilines is 4. The summed E-state index contributed by atoms with van der Waals surface area (Å²) in [7, 11) is 0. The van der Waals surface area contributed by atoms with Crippen molar-refractivity contribution in [2.24, 2.45) is 5.92 Å². The molecule has 3 saturated carbocycles. The highest BCUT2D eigenvalue weighted by atomic mass is 19.1. The molecule has 0 atom stereocenters. The topological polar surface area (TPSA) is 136 Å². The van der Waals surface area contributed by atoms with Crippen LogP contribution in [0.1, 0.15) is 62.4 Å². The predicted octanol–water partition coefficient (Wildman–Crippen LogP) is 4.81. The van der Waals surface area contributed by atoms with Gasteiger partial charge in [0.15, 0.2) is 11.6 Å². The number of aromatic nitrogens is 5. The Morgan fingerprint density at radius 2 is 1.78 bits per heavy atom.